The Balaban J connectivity index is 0.000000322. The summed E-state index contributed by atoms with van der Waals surface area (Å²) in [6.07, 6.45) is 2.02. The number of halogens is 4. The second-order valence-corrected chi connectivity index (χ2v) is 11.8. The van der Waals surface area contributed by atoms with Gasteiger partial charge in [0.05, 0.1) is 0 Å². The molecule has 0 aliphatic rings. The lowest BCUT2D eigenvalue weighted by atomic mass is 9.79. The molecule has 10 heteroatoms. The predicted octanol–water partition coefficient (Wildman–Crippen LogP) is 8.88. The monoisotopic (exact) mass is 636 g/mol. The maximum Gasteiger partial charge on any atom is 0.344 e. The maximum atomic E-state index is 12.7. The van der Waals surface area contributed by atoms with Crippen molar-refractivity contribution in [1.29, 1.82) is 0 Å². The van der Waals surface area contributed by atoms with E-state index >= 15 is 0 Å². The third-order valence-electron chi connectivity index (χ3n) is 7.23. The van der Waals surface area contributed by atoms with Crippen molar-refractivity contribution in [2.75, 3.05) is 26.4 Å². The number of fused-ring (bicyclic) bond motifs is 1. The first-order valence-corrected chi connectivity index (χ1v) is 14.9. The molecule has 6 nitrogen and oxygen atoms in total. The zero-order valence-electron chi connectivity index (χ0n) is 27.1. The highest BCUT2D eigenvalue weighted by molar-refractivity contribution is 5.92. The van der Waals surface area contributed by atoms with Crippen LogP contribution in [0.5, 0.6) is 11.5 Å². The van der Waals surface area contributed by atoms with Crippen LogP contribution in [0.1, 0.15) is 78.4 Å². The zero-order chi connectivity index (χ0) is 33.8. The molecule has 0 aromatic heterocycles. The average molecular weight is 637 g/mol. The lowest BCUT2D eigenvalue weighted by molar-refractivity contribution is -0.156. The molecule has 0 bridgehead atoms. The second kappa shape index (κ2) is 16.5. The summed E-state index contributed by atoms with van der Waals surface area (Å²) < 4.78 is 70.0. The Kier molecular flexibility index (Phi) is 13.7. The molecule has 0 radical (unpaired) electrons. The highest BCUT2D eigenvalue weighted by Gasteiger charge is 2.25. The molecule has 3 aromatic carbocycles. The number of hydrogen-bond acceptors (Lipinski definition) is 6. The van der Waals surface area contributed by atoms with Crippen LogP contribution in [-0.2, 0) is 24.5 Å². The highest BCUT2D eigenvalue weighted by atomic mass is 19.3. The number of esters is 2. The Morgan fingerprint density at radius 3 is 1.73 bits per heavy atom. The van der Waals surface area contributed by atoms with Crippen molar-refractivity contribution in [3.05, 3.63) is 71.8 Å². The highest BCUT2D eigenvalue weighted by Crippen LogP contribution is 2.36. The molecule has 0 heterocycles. The molecule has 0 amide bonds. The molecule has 3 aromatic rings. The van der Waals surface area contributed by atoms with Crippen LogP contribution in [0.4, 0.5) is 17.6 Å². The van der Waals surface area contributed by atoms with Gasteiger partial charge in [0.2, 0.25) is 0 Å². The van der Waals surface area contributed by atoms with Crippen molar-refractivity contribution in [2.45, 2.75) is 84.5 Å². The molecule has 1 atom stereocenters. The predicted molar refractivity (Wildman–Crippen MR) is 167 cm³/mol. The van der Waals surface area contributed by atoms with Crippen LogP contribution in [0, 0.1) is 0 Å². The Hall–Kier alpha value is -3.82. The fourth-order valence-electron chi connectivity index (χ4n) is 4.09. The summed E-state index contributed by atoms with van der Waals surface area (Å²) in [5.41, 5.74) is 2.39. The fraction of sp³-hybridized carbons (Fsp3) is 0.486. The first kappa shape index (κ1) is 37.4. The van der Waals surface area contributed by atoms with E-state index in [9.17, 15) is 27.2 Å². The molecule has 0 aliphatic heterocycles. The molecule has 0 N–H and O–H groups in total. The zero-order valence-corrected chi connectivity index (χ0v) is 27.1. The van der Waals surface area contributed by atoms with E-state index in [-0.39, 0.29) is 12.0 Å². The third-order valence-corrected chi connectivity index (χ3v) is 7.23. The smallest absolute Gasteiger partial charge is 0.344 e. The van der Waals surface area contributed by atoms with E-state index in [1.54, 1.807) is 18.2 Å². The van der Waals surface area contributed by atoms with Gasteiger partial charge in [-0.2, -0.15) is 0 Å². The molecular formula is C35H44F4O6. The number of alkyl halides is 4. The second-order valence-electron chi connectivity index (χ2n) is 11.8. The van der Waals surface area contributed by atoms with Gasteiger partial charge in [0.15, 0.2) is 26.4 Å². The topological polar surface area (TPSA) is 71.1 Å². The minimum absolute atomic E-state index is 0.00374. The van der Waals surface area contributed by atoms with E-state index in [1.165, 1.54) is 11.1 Å². The quantitative estimate of drug-likeness (QED) is 0.130. The van der Waals surface area contributed by atoms with Crippen LogP contribution in [0.2, 0.25) is 0 Å². The van der Waals surface area contributed by atoms with Crippen molar-refractivity contribution in [1.82, 2.24) is 0 Å². The largest absolute Gasteiger partial charge is 0.482 e. The Labute approximate surface area is 263 Å². The number of hydrogen-bond donors (Lipinski definition) is 0. The van der Waals surface area contributed by atoms with Gasteiger partial charge in [0, 0.05) is 19.2 Å². The van der Waals surface area contributed by atoms with Gasteiger partial charge < -0.3 is 18.9 Å². The molecule has 0 saturated carbocycles. The molecule has 0 fully saturated rings. The number of rotatable bonds is 14. The van der Waals surface area contributed by atoms with Crippen molar-refractivity contribution >= 4 is 22.7 Å². The van der Waals surface area contributed by atoms with Gasteiger partial charge in [-0.05, 0) is 58.9 Å². The van der Waals surface area contributed by atoms with Gasteiger partial charge in [-0.15, -0.1) is 0 Å². The summed E-state index contributed by atoms with van der Waals surface area (Å²) in [6, 6.07) is 19.0. The van der Waals surface area contributed by atoms with E-state index in [1.807, 2.05) is 36.4 Å². The first-order chi connectivity index (χ1) is 21.0. The molecule has 0 saturated heterocycles. The minimum Gasteiger partial charge on any atom is -0.482 e. The van der Waals surface area contributed by atoms with Gasteiger partial charge in [0.1, 0.15) is 11.5 Å². The molecule has 0 spiro atoms. The normalized spacial score (nSPS) is 12.5. The van der Waals surface area contributed by atoms with Crippen LogP contribution < -0.4 is 9.47 Å². The van der Waals surface area contributed by atoms with E-state index < -0.39 is 43.6 Å². The van der Waals surface area contributed by atoms with Crippen molar-refractivity contribution in [2.24, 2.45) is 0 Å². The van der Waals surface area contributed by atoms with Gasteiger partial charge in [-0.3, -0.25) is 0 Å². The van der Waals surface area contributed by atoms with Crippen molar-refractivity contribution in [3.63, 3.8) is 0 Å². The van der Waals surface area contributed by atoms with Crippen molar-refractivity contribution in [3.8, 4) is 11.5 Å². The Morgan fingerprint density at radius 2 is 1.22 bits per heavy atom. The SMILES string of the molecule is CCC(C)(C)c1cccc2c(OCC(=O)OCC(C)(F)F)cccc12.CCC(C)c1ccc(OCC(=O)OCC(C)(F)F)cc1. The summed E-state index contributed by atoms with van der Waals surface area (Å²) in [4.78, 5) is 22.8. The molecule has 0 aliphatic carbocycles. The van der Waals surface area contributed by atoms with Crippen LogP contribution in [0.15, 0.2) is 60.7 Å². The fourth-order valence-corrected chi connectivity index (χ4v) is 4.09. The van der Waals surface area contributed by atoms with Gasteiger partial charge in [-0.25, -0.2) is 27.2 Å². The van der Waals surface area contributed by atoms with Crippen LogP contribution >= 0.6 is 0 Å². The van der Waals surface area contributed by atoms with Crippen LogP contribution in [-0.4, -0.2) is 50.2 Å². The molecule has 45 heavy (non-hydrogen) atoms. The maximum absolute atomic E-state index is 12.7. The lowest BCUT2D eigenvalue weighted by Crippen LogP contribution is -2.24. The summed E-state index contributed by atoms with van der Waals surface area (Å²) in [7, 11) is 0. The molecule has 1 unspecified atom stereocenters. The number of carbonyl (C=O) groups is 2. The van der Waals surface area contributed by atoms with Crippen LogP contribution in [0.3, 0.4) is 0 Å². The summed E-state index contributed by atoms with van der Waals surface area (Å²) in [6.45, 7) is 9.45. The van der Waals surface area contributed by atoms with Gasteiger partial charge in [0.25, 0.3) is 11.8 Å². The summed E-state index contributed by atoms with van der Waals surface area (Å²) in [5, 5.41) is 1.94. The third kappa shape index (κ3) is 13.0. The number of benzene rings is 3. The summed E-state index contributed by atoms with van der Waals surface area (Å²) >= 11 is 0. The van der Waals surface area contributed by atoms with E-state index in [2.05, 4.69) is 50.2 Å². The Bertz CT molecular complexity index is 1380. The first-order valence-electron chi connectivity index (χ1n) is 14.9. The minimum atomic E-state index is -3.05. The van der Waals surface area contributed by atoms with Gasteiger partial charge >= 0.3 is 11.9 Å². The average Bonchev–Trinajstić information content (AvgIpc) is 2.99. The molecule has 248 valence electrons. The number of ether oxygens (including phenoxy) is 4. The molecular weight excluding hydrogens is 592 g/mol. The number of carbonyl (C=O) groups excluding carboxylic acids is 2. The van der Waals surface area contributed by atoms with E-state index in [0.717, 1.165) is 23.6 Å². The Morgan fingerprint density at radius 1 is 0.711 bits per heavy atom. The lowest BCUT2D eigenvalue weighted by Gasteiger charge is -2.25. The van der Waals surface area contributed by atoms with E-state index in [4.69, 9.17) is 9.47 Å². The van der Waals surface area contributed by atoms with E-state index in [0.29, 0.717) is 31.3 Å². The molecule has 3 rings (SSSR count). The summed E-state index contributed by atoms with van der Waals surface area (Å²) in [5.74, 6) is -6.19. The van der Waals surface area contributed by atoms with Crippen molar-refractivity contribution < 1.29 is 46.1 Å². The standard InChI is InChI=1S/C20H24F2O3.C15H20F2O3/c1-5-19(2,3)16-10-6-9-15-14(16)8-7-11-17(15)24-12-18(23)25-13-20(4,21)22;1-4-11(2)12-5-7-13(8-6-12)19-9-14(18)20-10-15(3,16)17/h6-11H,5,12-13H2,1-4H3;5-8,11H,4,9-10H2,1-3H3. The van der Waals surface area contributed by atoms with Gasteiger partial charge in [-0.1, -0.05) is 77.1 Å². The van der Waals surface area contributed by atoms with Crippen LogP contribution in [0.25, 0.3) is 10.8 Å².